The molecule has 0 spiro atoms. The molecule has 0 saturated carbocycles. The van der Waals surface area contributed by atoms with Crippen molar-refractivity contribution in [3.63, 3.8) is 0 Å². The summed E-state index contributed by atoms with van der Waals surface area (Å²) in [6, 6.07) is 3.66. The molecule has 0 aliphatic rings. The molecular weight excluding hydrogens is 269 g/mol. The van der Waals surface area contributed by atoms with Gasteiger partial charge in [0.2, 0.25) is 0 Å². The summed E-state index contributed by atoms with van der Waals surface area (Å²) in [6.45, 7) is 5.00. The minimum atomic E-state index is -3.83. The normalized spacial score (nSPS) is 11.6. The van der Waals surface area contributed by atoms with Crippen LogP contribution >= 0.6 is 0 Å². The zero-order valence-electron chi connectivity index (χ0n) is 10.8. The number of aromatic nitrogens is 2. The molecule has 0 bridgehead atoms. The summed E-state index contributed by atoms with van der Waals surface area (Å²) in [6.07, 6.45) is 0. The molecule has 0 unspecified atom stereocenters. The lowest BCUT2D eigenvalue weighted by Gasteiger charge is -2.10. The lowest BCUT2D eigenvalue weighted by Crippen LogP contribution is -2.15. The topological polar surface area (TPSA) is 74.8 Å². The van der Waals surface area contributed by atoms with E-state index in [1.165, 1.54) is 12.1 Å². The molecular formula is C12H14FN3O2S. The molecule has 0 radical (unpaired) electrons. The van der Waals surface area contributed by atoms with Gasteiger partial charge in [0.05, 0.1) is 22.0 Å². The van der Waals surface area contributed by atoms with E-state index in [2.05, 4.69) is 14.9 Å². The van der Waals surface area contributed by atoms with Crippen LogP contribution in [0.15, 0.2) is 23.1 Å². The first-order chi connectivity index (χ1) is 8.81. The van der Waals surface area contributed by atoms with Crippen LogP contribution in [0.2, 0.25) is 0 Å². The molecule has 2 rings (SSSR count). The van der Waals surface area contributed by atoms with Crippen molar-refractivity contribution in [1.29, 1.82) is 0 Å². The lowest BCUT2D eigenvalue weighted by molar-refractivity contribution is 0.594. The van der Waals surface area contributed by atoms with E-state index in [-0.39, 0.29) is 4.90 Å². The Kier molecular flexibility index (Phi) is 3.32. The quantitative estimate of drug-likeness (QED) is 0.907. The third-order valence-electron chi connectivity index (χ3n) is 2.80. The van der Waals surface area contributed by atoms with Gasteiger partial charge in [-0.2, -0.15) is 5.10 Å². The van der Waals surface area contributed by atoms with E-state index in [4.69, 9.17) is 0 Å². The molecule has 0 fully saturated rings. The van der Waals surface area contributed by atoms with Crippen LogP contribution in [0.1, 0.15) is 17.0 Å². The maximum absolute atomic E-state index is 13.2. The molecule has 1 heterocycles. The molecule has 2 N–H and O–H groups in total. The zero-order chi connectivity index (χ0) is 14.2. The highest BCUT2D eigenvalue weighted by Crippen LogP contribution is 2.23. The van der Waals surface area contributed by atoms with E-state index in [0.29, 0.717) is 22.6 Å². The monoisotopic (exact) mass is 283 g/mol. The number of rotatable bonds is 3. The highest BCUT2D eigenvalue weighted by Gasteiger charge is 2.20. The van der Waals surface area contributed by atoms with Gasteiger partial charge in [-0.3, -0.25) is 9.82 Å². The number of H-pyrrole nitrogens is 1. The first-order valence-electron chi connectivity index (χ1n) is 5.62. The molecule has 5 nitrogen and oxygen atoms in total. The van der Waals surface area contributed by atoms with Gasteiger partial charge in [-0.1, -0.05) is 6.07 Å². The summed E-state index contributed by atoms with van der Waals surface area (Å²) in [5, 5.41) is 6.59. The second-order valence-corrected chi connectivity index (χ2v) is 5.98. The molecule has 1 aromatic carbocycles. The van der Waals surface area contributed by atoms with Crippen molar-refractivity contribution in [3.05, 3.63) is 41.0 Å². The standard InChI is InChI=1S/C12H14FN3O2S/c1-7-4-5-10(13)6-11(7)19(17,18)16-12-8(2)14-15-9(12)3/h4-6,16H,1-3H3,(H,14,15). The van der Waals surface area contributed by atoms with Gasteiger partial charge in [-0.05, 0) is 38.5 Å². The van der Waals surface area contributed by atoms with Gasteiger partial charge in [0.15, 0.2) is 0 Å². The van der Waals surface area contributed by atoms with Gasteiger partial charge in [0, 0.05) is 0 Å². The Morgan fingerprint density at radius 3 is 2.53 bits per heavy atom. The molecule has 1 aromatic heterocycles. The number of hydrogen-bond acceptors (Lipinski definition) is 3. The Balaban J connectivity index is 2.47. The molecule has 0 saturated heterocycles. The summed E-state index contributed by atoms with van der Waals surface area (Å²) in [7, 11) is -3.83. The van der Waals surface area contributed by atoms with Crippen LogP contribution in [0.25, 0.3) is 0 Å². The number of halogens is 1. The Bertz CT molecular complexity index is 703. The largest absolute Gasteiger partial charge is 0.280 e. The second kappa shape index (κ2) is 4.65. The van der Waals surface area contributed by atoms with Crippen molar-refractivity contribution in [1.82, 2.24) is 10.2 Å². The van der Waals surface area contributed by atoms with E-state index in [0.717, 1.165) is 6.07 Å². The van der Waals surface area contributed by atoms with Crippen molar-refractivity contribution in [2.75, 3.05) is 4.72 Å². The SMILES string of the molecule is Cc1ccc(F)cc1S(=O)(=O)Nc1c(C)n[nH]c1C. The van der Waals surface area contributed by atoms with Gasteiger partial charge in [0.1, 0.15) is 5.82 Å². The van der Waals surface area contributed by atoms with Crippen molar-refractivity contribution in [2.24, 2.45) is 0 Å². The van der Waals surface area contributed by atoms with Crippen molar-refractivity contribution in [2.45, 2.75) is 25.7 Å². The van der Waals surface area contributed by atoms with Crippen molar-refractivity contribution < 1.29 is 12.8 Å². The smallest absolute Gasteiger partial charge is 0.262 e. The van der Waals surface area contributed by atoms with Crippen LogP contribution in [-0.4, -0.2) is 18.6 Å². The number of aryl methyl sites for hydroxylation is 3. The fourth-order valence-corrected chi connectivity index (χ4v) is 3.19. The lowest BCUT2D eigenvalue weighted by atomic mass is 10.2. The van der Waals surface area contributed by atoms with Crippen LogP contribution < -0.4 is 4.72 Å². The third kappa shape index (κ3) is 2.60. The van der Waals surface area contributed by atoms with E-state index in [1.807, 2.05) is 0 Å². The van der Waals surface area contributed by atoms with Gasteiger partial charge in [-0.15, -0.1) is 0 Å². The molecule has 7 heteroatoms. The first-order valence-corrected chi connectivity index (χ1v) is 7.10. The van der Waals surface area contributed by atoms with Crippen LogP contribution in [0.3, 0.4) is 0 Å². The van der Waals surface area contributed by atoms with Crippen LogP contribution in [-0.2, 0) is 10.0 Å². The Labute approximate surface area is 110 Å². The summed E-state index contributed by atoms with van der Waals surface area (Å²) < 4.78 is 40.2. The van der Waals surface area contributed by atoms with E-state index < -0.39 is 15.8 Å². The number of nitrogens with one attached hydrogen (secondary N) is 2. The molecule has 0 aliphatic carbocycles. The van der Waals surface area contributed by atoms with E-state index in [1.54, 1.807) is 20.8 Å². The van der Waals surface area contributed by atoms with Crippen LogP contribution in [0, 0.1) is 26.6 Å². The number of anilines is 1. The van der Waals surface area contributed by atoms with Gasteiger partial charge < -0.3 is 0 Å². The second-order valence-electron chi connectivity index (χ2n) is 4.32. The van der Waals surface area contributed by atoms with E-state index >= 15 is 0 Å². The Morgan fingerprint density at radius 2 is 1.95 bits per heavy atom. The summed E-state index contributed by atoms with van der Waals surface area (Å²) in [5.74, 6) is -0.591. The summed E-state index contributed by atoms with van der Waals surface area (Å²) in [4.78, 5) is -0.0764. The minimum Gasteiger partial charge on any atom is -0.280 e. The highest BCUT2D eigenvalue weighted by atomic mass is 32.2. The predicted molar refractivity (Wildman–Crippen MR) is 70.0 cm³/mol. The molecule has 19 heavy (non-hydrogen) atoms. The van der Waals surface area contributed by atoms with Crippen molar-refractivity contribution in [3.8, 4) is 0 Å². The molecule has 0 amide bonds. The van der Waals surface area contributed by atoms with Crippen molar-refractivity contribution >= 4 is 15.7 Å². The van der Waals surface area contributed by atoms with Crippen LogP contribution in [0.5, 0.6) is 0 Å². The number of sulfonamides is 1. The first kappa shape index (κ1) is 13.5. The molecule has 2 aromatic rings. The summed E-state index contributed by atoms with van der Waals surface area (Å²) in [5.41, 5.74) is 2.02. The number of hydrogen-bond donors (Lipinski definition) is 2. The fraction of sp³-hybridized carbons (Fsp3) is 0.250. The number of benzene rings is 1. The maximum Gasteiger partial charge on any atom is 0.262 e. The Morgan fingerprint density at radius 1 is 1.26 bits per heavy atom. The van der Waals surface area contributed by atoms with Gasteiger partial charge in [-0.25, -0.2) is 12.8 Å². The predicted octanol–water partition coefficient (Wildman–Crippen LogP) is 2.27. The highest BCUT2D eigenvalue weighted by molar-refractivity contribution is 7.92. The minimum absolute atomic E-state index is 0.0764. The summed E-state index contributed by atoms with van der Waals surface area (Å²) >= 11 is 0. The number of nitrogens with zero attached hydrogens (tertiary/aromatic N) is 1. The third-order valence-corrected chi connectivity index (χ3v) is 4.30. The van der Waals surface area contributed by atoms with E-state index in [9.17, 15) is 12.8 Å². The number of aromatic amines is 1. The fourth-order valence-electron chi connectivity index (χ4n) is 1.75. The average Bonchev–Trinajstić information content (AvgIpc) is 2.63. The molecule has 102 valence electrons. The molecule has 0 atom stereocenters. The van der Waals surface area contributed by atoms with Gasteiger partial charge >= 0.3 is 0 Å². The maximum atomic E-state index is 13.2. The zero-order valence-corrected chi connectivity index (χ0v) is 11.6. The van der Waals surface area contributed by atoms with Crippen LogP contribution in [0.4, 0.5) is 10.1 Å². The Hall–Kier alpha value is -1.89. The average molecular weight is 283 g/mol. The molecule has 0 aliphatic heterocycles. The van der Waals surface area contributed by atoms with Gasteiger partial charge in [0.25, 0.3) is 10.0 Å².